The van der Waals surface area contributed by atoms with Gasteiger partial charge in [0.15, 0.2) is 0 Å². The molecule has 3 nitrogen and oxygen atoms in total. The van der Waals surface area contributed by atoms with Gasteiger partial charge in [-0.25, -0.2) is 0 Å². The fourth-order valence-electron chi connectivity index (χ4n) is 1.61. The van der Waals surface area contributed by atoms with Crippen LogP contribution in [0.3, 0.4) is 0 Å². The molecule has 72 valence electrons. The Morgan fingerprint density at radius 2 is 2.17 bits per heavy atom. The van der Waals surface area contributed by atoms with Crippen molar-refractivity contribution in [3.8, 4) is 0 Å². The second kappa shape index (κ2) is 3.73. The van der Waals surface area contributed by atoms with E-state index in [9.17, 15) is 5.11 Å². The van der Waals surface area contributed by atoms with E-state index >= 15 is 0 Å². The van der Waals surface area contributed by atoms with Gasteiger partial charge in [0.05, 0.1) is 6.10 Å². The summed E-state index contributed by atoms with van der Waals surface area (Å²) in [6.07, 6.45) is 0.723. The van der Waals surface area contributed by atoms with E-state index in [1.165, 1.54) is 0 Å². The minimum Gasteiger partial charge on any atom is -0.396 e. The number of hydrogen-bond acceptors (Lipinski definition) is 3. The zero-order valence-electron chi connectivity index (χ0n) is 7.95. The van der Waals surface area contributed by atoms with Crippen LogP contribution in [0.4, 0.5) is 0 Å². The Bertz CT molecular complexity index is 147. The maximum absolute atomic E-state index is 9.26. The van der Waals surface area contributed by atoms with Gasteiger partial charge in [0.2, 0.25) is 0 Å². The first-order chi connectivity index (χ1) is 5.53. The molecule has 1 unspecified atom stereocenters. The first kappa shape index (κ1) is 9.96. The van der Waals surface area contributed by atoms with E-state index in [-0.39, 0.29) is 18.1 Å². The van der Waals surface area contributed by atoms with Crippen LogP contribution in [-0.2, 0) is 0 Å². The smallest absolute Gasteiger partial charge is 0.0679 e. The van der Waals surface area contributed by atoms with E-state index in [4.69, 9.17) is 5.11 Å². The minimum atomic E-state index is -0.153. The molecule has 3 heteroatoms. The lowest BCUT2D eigenvalue weighted by molar-refractivity contribution is 0.104. The molecular formula is C9H19NO2. The Hall–Kier alpha value is -0.120. The first-order valence-electron chi connectivity index (χ1n) is 4.55. The topological polar surface area (TPSA) is 43.7 Å². The fourth-order valence-corrected chi connectivity index (χ4v) is 1.61. The van der Waals surface area contributed by atoms with Crippen molar-refractivity contribution >= 4 is 0 Å². The van der Waals surface area contributed by atoms with Gasteiger partial charge in [-0.3, -0.25) is 0 Å². The Labute approximate surface area is 74.0 Å². The number of hydrogen-bond donors (Lipinski definition) is 2. The molecule has 0 bridgehead atoms. The molecule has 1 fully saturated rings. The van der Waals surface area contributed by atoms with Crippen molar-refractivity contribution in [1.29, 1.82) is 0 Å². The van der Waals surface area contributed by atoms with Crippen LogP contribution in [0.2, 0.25) is 0 Å². The number of rotatable bonds is 3. The van der Waals surface area contributed by atoms with Gasteiger partial charge < -0.3 is 15.1 Å². The van der Waals surface area contributed by atoms with Crippen molar-refractivity contribution in [3.63, 3.8) is 0 Å². The Morgan fingerprint density at radius 1 is 1.50 bits per heavy atom. The summed E-state index contributed by atoms with van der Waals surface area (Å²) in [6, 6.07) is 0. The molecule has 0 saturated carbocycles. The molecule has 0 aromatic heterocycles. The van der Waals surface area contributed by atoms with Gasteiger partial charge in [-0.2, -0.15) is 0 Å². The first-order valence-corrected chi connectivity index (χ1v) is 4.55. The van der Waals surface area contributed by atoms with Gasteiger partial charge in [-0.1, -0.05) is 13.8 Å². The zero-order chi connectivity index (χ0) is 9.19. The molecule has 1 rings (SSSR count). The van der Waals surface area contributed by atoms with Gasteiger partial charge in [0.25, 0.3) is 0 Å². The lowest BCUT2D eigenvalue weighted by Crippen LogP contribution is -2.35. The summed E-state index contributed by atoms with van der Waals surface area (Å²) in [4.78, 5) is 2.21. The van der Waals surface area contributed by atoms with Crippen molar-refractivity contribution in [3.05, 3.63) is 0 Å². The molecule has 2 N–H and O–H groups in total. The van der Waals surface area contributed by atoms with Gasteiger partial charge >= 0.3 is 0 Å². The highest BCUT2D eigenvalue weighted by Gasteiger charge is 2.26. The van der Waals surface area contributed by atoms with Crippen LogP contribution in [0.5, 0.6) is 0 Å². The average molecular weight is 173 g/mol. The molecular weight excluding hydrogens is 154 g/mol. The molecule has 0 amide bonds. The summed E-state index contributed by atoms with van der Waals surface area (Å²) in [5.74, 6) is 0. The summed E-state index contributed by atoms with van der Waals surface area (Å²) in [5.41, 5.74) is -0.0376. The number of likely N-dealkylation sites (tertiary alicyclic amines) is 1. The van der Waals surface area contributed by atoms with E-state index in [0.717, 1.165) is 26.1 Å². The predicted molar refractivity (Wildman–Crippen MR) is 47.9 cm³/mol. The van der Waals surface area contributed by atoms with Crippen LogP contribution < -0.4 is 0 Å². The third kappa shape index (κ3) is 2.73. The molecule has 0 aliphatic carbocycles. The molecule has 1 aliphatic heterocycles. The fraction of sp³-hybridized carbons (Fsp3) is 1.00. The molecule has 0 radical (unpaired) electrons. The summed E-state index contributed by atoms with van der Waals surface area (Å²) in [5, 5.41) is 18.3. The van der Waals surface area contributed by atoms with Crippen LogP contribution in [0, 0.1) is 5.41 Å². The van der Waals surface area contributed by atoms with Gasteiger partial charge in [-0.05, 0) is 6.42 Å². The number of aliphatic hydroxyl groups excluding tert-OH is 2. The molecule has 12 heavy (non-hydrogen) atoms. The number of β-amino-alcohol motifs (C(OH)–C–C–N with tert-alkyl or cyclic N) is 1. The molecule has 1 saturated heterocycles. The SMILES string of the molecule is CC(C)(CO)CN1CCC(O)C1. The zero-order valence-corrected chi connectivity index (χ0v) is 7.95. The largest absolute Gasteiger partial charge is 0.396 e. The van der Waals surface area contributed by atoms with E-state index in [1.54, 1.807) is 0 Å². The Morgan fingerprint density at radius 3 is 2.58 bits per heavy atom. The second-order valence-corrected chi connectivity index (χ2v) is 4.50. The maximum Gasteiger partial charge on any atom is 0.0679 e. The average Bonchev–Trinajstić information content (AvgIpc) is 2.35. The molecule has 1 aliphatic rings. The highest BCUT2D eigenvalue weighted by Crippen LogP contribution is 2.19. The third-order valence-corrected chi connectivity index (χ3v) is 2.33. The summed E-state index contributed by atoms with van der Waals surface area (Å²) in [7, 11) is 0. The Balaban J connectivity index is 2.32. The van der Waals surface area contributed by atoms with Crippen molar-refractivity contribution < 1.29 is 10.2 Å². The van der Waals surface area contributed by atoms with Crippen molar-refractivity contribution in [2.75, 3.05) is 26.2 Å². The highest BCUT2D eigenvalue weighted by molar-refractivity contribution is 4.79. The van der Waals surface area contributed by atoms with Crippen LogP contribution in [0.15, 0.2) is 0 Å². The van der Waals surface area contributed by atoms with Crippen LogP contribution in [-0.4, -0.2) is 47.5 Å². The molecule has 0 aromatic rings. The highest BCUT2D eigenvalue weighted by atomic mass is 16.3. The van der Waals surface area contributed by atoms with Crippen LogP contribution >= 0.6 is 0 Å². The monoisotopic (exact) mass is 173 g/mol. The third-order valence-electron chi connectivity index (χ3n) is 2.33. The number of aliphatic hydroxyl groups is 2. The predicted octanol–water partition coefficient (Wildman–Crippen LogP) is 0.0715. The van der Waals surface area contributed by atoms with Crippen LogP contribution in [0.25, 0.3) is 0 Å². The maximum atomic E-state index is 9.26. The summed E-state index contributed by atoms with van der Waals surface area (Å²) in [6.45, 7) is 6.89. The van der Waals surface area contributed by atoms with Gasteiger partial charge in [0.1, 0.15) is 0 Å². The van der Waals surface area contributed by atoms with Crippen molar-refractivity contribution in [2.24, 2.45) is 5.41 Å². The quantitative estimate of drug-likeness (QED) is 0.635. The lowest BCUT2D eigenvalue weighted by Gasteiger charge is -2.27. The molecule has 0 aromatic carbocycles. The van der Waals surface area contributed by atoms with Gasteiger partial charge in [-0.15, -0.1) is 0 Å². The summed E-state index contributed by atoms with van der Waals surface area (Å²) >= 11 is 0. The lowest BCUT2D eigenvalue weighted by atomic mass is 9.94. The number of nitrogens with zero attached hydrogens (tertiary/aromatic N) is 1. The molecule has 1 atom stereocenters. The minimum absolute atomic E-state index is 0.0376. The molecule has 0 spiro atoms. The Kier molecular flexibility index (Phi) is 3.09. The normalized spacial score (nSPS) is 26.5. The van der Waals surface area contributed by atoms with E-state index in [2.05, 4.69) is 4.90 Å². The van der Waals surface area contributed by atoms with E-state index in [1.807, 2.05) is 13.8 Å². The van der Waals surface area contributed by atoms with Crippen molar-refractivity contribution in [2.45, 2.75) is 26.4 Å². The molecule has 1 heterocycles. The summed E-state index contributed by atoms with van der Waals surface area (Å²) < 4.78 is 0. The van der Waals surface area contributed by atoms with E-state index in [0.29, 0.717) is 0 Å². The van der Waals surface area contributed by atoms with Crippen LogP contribution in [0.1, 0.15) is 20.3 Å². The standard InChI is InChI=1S/C9H19NO2/c1-9(2,7-11)6-10-4-3-8(12)5-10/h8,11-12H,3-7H2,1-2H3. The van der Waals surface area contributed by atoms with Gasteiger partial charge in [0, 0.05) is 31.7 Å². The van der Waals surface area contributed by atoms with Crippen molar-refractivity contribution in [1.82, 2.24) is 4.90 Å². The second-order valence-electron chi connectivity index (χ2n) is 4.50. The van der Waals surface area contributed by atoms with E-state index < -0.39 is 0 Å².